The summed E-state index contributed by atoms with van der Waals surface area (Å²) in [4.78, 5) is 22.9. The molecule has 0 unspecified atom stereocenters. The summed E-state index contributed by atoms with van der Waals surface area (Å²) < 4.78 is 24.3. The second-order valence-corrected chi connectivity index (χ2v) is 8.14. The zero-order valence-electron chi connectivity index (χ0n) is 11.0. The van der Waals surface area contributed by atoms with Crippen LogP contribution in [-0.4, -0.2) is 30.5 Å². The molecule has 1 aromatic rings. The summed E-state index contributed by atoms with van der Waals surface area (Å²) in [7, 11) is -3.41. The fourth-order valence-corrected chi connectivity index (χ4v) is 4.62. The smallest absolute Gasteiger partial charge is 0.307 e. The molecule has 0 spiro atoms. The second kappa shape index (κ2) is 4.81. The lowest BCUT2D eigenvalue weighted by Gasteiger charge is -2.07. The van der Waals surface area contributed by atoms with E-state index < -0.39 is 27.6 Å². The minimum atomic E-state index is -3.41. The molecule has 2 aliphatic carbocycles. The van der Waals surface area contributed by atoms with Gasteiger partial charge in [-0.2, -0.15) is 0 Å². The van der Waals surface area contributed by atoms with E-state index in [1.54, 1.807) is 0 Å². The summed E-state index contributed by atoms with van der Waals surface area (Å²) in [6.45, 7) is 0. The van der Waals surface area contributed by atoms with Gasteiger partial charge in [-0.15, -0.1) is 0 Å². The van der Waals surface area contributed by atoms with Gasteiger partial charge in [-0.25, -0.2) is 8.42 Å². The fraction of sp³-hybridized carbons (Fsp3) is 0.429. The van der Waals surface area contributed by atoms with Crippen molar-refractivity contribution < 1.29 is 23.1 Å². The Morgan fingerprint density at radius 3 is 2.33 bits per heavy atom. The Morgan fingerprint density at radius 1 is 1.19 bits per heavy atom. The van der Waals surface area contributed by atoms with Crippen LogP contribution in [0.2, 0.25) is 5.02 Å². The number of carboxylic acid groups (broad SMARTS) is 1. The molecule has 2 atom stereocenters. The van der Waals surface area contributed by atoms with Crippen LogP contribution in [0.3, 0.4) is 0 Å². The van der Waals surface area contributed by atoms with Gasteiger partial charge in [-0.3, -0.25) is 9.59 Å². The number of hydrogen-bond donors (Lipinski definition) is 1. The number of rotatable bonds is 5. The Balaban J connectivity index is 1.85. The van der Waals surface area contributed by atoms with Gasteiger partial charge in [0.1, 0.15) is 0 Å². The van der Waals surface area contributed by atoms with Crippen LogP contribution >= 0.6 is 11.6 Å². The highest BCUT2D eigenvalue weighted by Gasteiger charge is 2.48. The highest BCUT2D eigenvalue weighted by atomic mass is 35.5. The van der Waals surface area contributed by atoms with Crippen molar-refractivity contribution in [3.8, 4) is 0 Å². The number of benzene rings is 1. The lowest BCUT2D eigenvalue weighted by Crippen LogP contribution is -2.11. The zero-order valence-corrected chi connectivity index (χ0v) is 12.5. The highest BCUT2D eigenvalue weighted by molar-refractivity contribution is 7.92. The molecule has 3 rings (SSSR count). The number of Topliss-reactive ketones (excluding diaryl/α,β-unsaturated/α-hetero) is 1. The highest BCUT2D eigenvalue weighted by Crippen LogP contribution is 2.42. The third kappa shape index (κ3) is 2.58. The lowest BCUT2D eigenvalue weighted by atomic mass is 10.1. The first kappa shape index (κ1) is 14.5. The first-order valence-electron chi connectivity index (χ1n) is 6.63. The van der Waals surface area contributed by atoms with E-state index >= 15 is 0 Å². The lowest BCUT2D eigenvalue weighted by molar-refractivity contribution is -0.138. The number of carboxylic acids is 1. The van der Waals surface area contributed by atoms with Crippen molar-refractivity contribution in [2.24, 2.45) is 11.8 Å². The van der Waals surface area contributed by atoms with E-state index in [0.717, 1.165) is 0 Å². The van der Waals surface area contributed by atoms with Crippen LogP contribution in [0.5, 0.6) is 0 Å². The fourth-order valence-electron chi connectivity index (χ4n) is 2.41. The molecular formula is C14H13ClO5S. The number of carbonyl (C=O) groups is 2. The predicted octanol–water partition coefficient (Wildman–Crippen LogP) is 2.18. The molecule has 2 fully saturated rings. The van der Waals surface area contributed by atoms with Crippen molar-refractivity contribution in [1.29, 1.82) is 0 Å². The minimum Gasteiger partial charge on any atom is -0.481 e. The normalized spacial score (nSPS) is 24.6. The van der Waals surface area contributed by atoms with E-state index in [1.807, 2.05) is 0 Å². The molecule has 2 aliphatic rings. The van der Waals surface area contributed by atoms with Crippen molar-refractivity contribution in [3.63, 3.8) is 0 Å². The molecule has 1 aromatic carbocycles. The molecule has 1 N–H and O–H groups in total. The van der Waals surface area contributed by atoms with Crippen molar-refractivity contribution >= 4 is 33.2 Å². The summed E-state index contributed by atoms with van der Waals surface area (Å²) in [6.07, 6.45) is 1.61. The standard InChI is InChI=1S/C14H13ClO5S/c15-11-5-7(13(16)9-6-10(9)14(17)18)1-4-12(11)21(19,20)8-2-3-8/h1,4-5,8-10H,2-3,6H2,(H,17,18)/t9-,10-/m0/s1. The molecule has 0 amide bonds. The van der Waals surface area contributed by atoms with E-state index in [9.17, 15) is 18.0 Å². The Labute approximate surface area is 126 Å². The van der Waals surface area contributed by atoms with Gasteiger partial charge in [0.15, 0.2) is 15.6 Å². The number of sulfone groups is 1. The maximum Gasteiger partial charge on any atom is 0.307 e. The van der Waals surface area contributed by atoms with Crippen molar-refractivity contribution in [2.75, 3.05) is 0 Å². The quantitative estimate of drug-likeness (QED) is 0.837. The number of carbonyl (C=O) groups excluding carboxylic acids is 1. The Morgan fingerprint density at radius 2 is 1.86 bits per heavy atom. The molecule has 0 saturated heterocycles. The van der Waals surface area contributed by atoms with Gasteiger partial charge < -0.3 is 5.11 Å². The topological polar surface area (TPSA) is 88.5 Å². The predicted molar refractivity (Wildman–Crippen MR) is 75.2 cm³/mol. The summed E-state index contributed by atoms with van der Waals surface area (Å²) in [5.41, 5.74) is 0.267. The third-order valence-corrected chi connectivity index (χ3v) is 6.67. The SMILES string of the molecule is O=C(O)[C@H]1C[C@@H]1C(=O)c1ccc(S(=O)(=O)C2CC2)c(Cl)c1. The molecule has 0 aliphatic heterocycles. The van der Waals surface area contributed by atoms with Crippen LogP contribution in [0.25, 0.3) is 0 Å². The summed E-state index contributed by atoms with van der Waals surface area (Å²) in [5, 5.41) is 8.50. The van der Waals surface area contributed by atoms with E-state index in [-0.39, 0.29) is 26.5 Å². The first-order chi connectivity index (χ1) is 9.82. The van der Waals surface area contributed by atoms with Crippen LogP contribution in [0.4, 0.5) is 0 Å². The van der Waals surface area contributed by atoms with Gasteiger partial charge in [-0.1, -0.05) is 17.7 Å². The van der Waals surface area contributed by atoms with E-state index in [4.69, 9.17) is 16.7 Å². The van der Waals surface area contributed by atoms with E-state index in [0.29, 0.717) is 19.3 Å². The van der Waals surface area contributed by atoms with Crippen LogP contribution in [0, 0.1) is 11.8 Å². The molecule has 21 heavy (non-hydrogen) atoms. The Bertz CT molecular complexity index is 736. The number of halogens is 1. The summed E-state index contributed by atoms with van der Waals surface area (Å²) in [5.74, 6) is -2.43. The number of aliphatic carboxylic acids is 1. The molecule has 0 radical (unpaired) electrons. The van der Waals surface area contributed by atoms with Crippen molar-refractivity contribution in [2.45, 2.75) is 29.4 Å². The van der Waals surface area contributed by atoms with Gasteiger partial charge in [0.2, 0.25) is 0 Å². The molecule has 7 heteroatoms. The zero-order chi connectivity index (χ0) is 15.4. The summed E-state index contributed by atoms with van der Waals surface area (Å²) in [6, 6.07) is 4.10. The monoisotopic (exact) mass is 328 g/mol. The van der Waals surface area contributed by atoms with Crippen LogP contribution in [0.1, 0.15) is 29.6 Å². The molecule has 0 bridgehead atoms. The number of ketones is 1. The average Bonchev–Trinajstić information content (AvgIpc) is 3.29. The first-order valence-corrected chi connectivity index (χ1v) is 8.55. The number of hydrogen-bond acceptors (Lipinski definition) is 4. The molecule has 5 nitrogen and oxygen atoms in total. The Hall–Kier alpha value is -1.40. The molecule has 112 valence electrons. The van der Waals surface area contributed by atoms with Gasteiger partial charge >= 0.3 is 5.97 Å². The largest absolute Gasteiger partial charge is 0.481 e. The van der Waals surface area contributed by atoms with Gasteiger partial charge in [0.05, 0.1) is 21.1 Å². The van der Waals surface area contributed by atoms with E-state index in [2.05, 4.69) is 0 Å². The third-order valence-electron chi connectivity index (χ3n) is 3.93. The molecule has 0 heterocycles. The average molecular weight is 329 g/mol. The van der Waals surface area contributed by atoms with Crippen molar-refractivity contribution in [1.82, 2.24) is 0 Å². The molecule has 2 saturated carbocycles. The molecule has 0 aromatic heterocycles. The maximum absolute atomic E-state index is 12.1. The second-order valence-electron chi connectivity index (χ2n) is 5.54. The minimum absolute atomic E-state index is 0.0280. The van der Waals surface area contributed by atoms with E-state index in [1.165, 1.54) is 18.2 Å². The van der Waals surface area contributed by atoms with Crippen LogP contribution in [0.15, 0.2) is 23.1 Å². The van der Waals surface area contributed by atoms with Crippen LogP contribution in [-0.2, 0) is 14.6 Å². The maximum atomic E-state index is 12.1. The van der Waals surface area contributed by atoms with Crippen LogP contribution < -0.4 is 0 Å². The van der Waals surface area contributed by atoms with Gasteiger partial charge in [0.25, 0.3) is 0 Å². The van der Waals surface area contributed by atoms with Gasteiger partial charge in [0, 0.05) is 11.5 Å². The Kier molecular flexibility index (Phi) is 3.33. The molecular weight excluding hydrogens is 316 g/mol. The van der Waals surface area contributed by atoms with Crippen molar-refractivity contribution in [3.05, 3.63) is 28.8 Å². The van der Waals surface area contributed by atoms with Gasteiger partial charge in [-0.05, 0) is 31.4 Å². The summed E-state index contributed by atoms with van der Waals surface area (Å²) >= 11 is 6.01.